The number of benzene rings is 1. The minimum absolute atomic E-state index is 0.158. The van der Waals surface area contributed by atoms with E-state index in [1.807, 2.05) is 51.4 Å². The van der Waals surface area contributed by atoms with Gasteiger partial charge in [0.05, 0.1) is 6.20 Å². The number of hydrogen-bond donors (Lipinski definition) is 2. The van der Waals surface area contributed by atoms with Crippen LogP contribution in [0.25, 0.3) is 0 Å². The van der Waals surface area contributed by atoms with E-state index >= 15 is 0 Å². The number of hydrogen-bond acceptors (Lipinski definition) is 5. The van der Waals surface area contributed by atoms with Crippen molar-refractivity contribution >= 4 is 33.9 Å². The molecule has 0 fully saturated rings. The van der Waals surface area contributed by atoms with Gasteiger partial charge in [-0.2, -0.15) is 5.10 Å². The second-order valence-corrected chi connectivity index (χ2v) is 6.28. The molecule has 3 aromatic rings. The molecule has 118 valence electrons. The molecule has 2 heterocycles. The fourth-order valence-corrected chi connectivity index (χ4v) is 2.93. The summed E-state index contributed by atoms with van der Waals surface area (Å²) in [6, 6.07) is 7.77. The van der Waals surface area contributed by atoms with Gasteiger partial charge in [-0.15, -0.1) is 0 Å². The normalized spacial score (nSPS) is 10.6. The molecule has 2 aromatic heterocycles. The van der Waals surface area contributed by atoms with Gasteiger partial charge in [-0.1, -0.05) is 29.5 Å². The fourth-order valence-electron chi connectivity index (χ4n) is 2.21. The van der Waals surface area contributed by atoms with Gasteiger partial charge in [0.1, 0.15) is 4.88 Å². The SMILES string of the molecule is Cc1cccc(C)c1NC(=O)c1cnc(Nc2ccn(C)n2)s1. The highest BCUT2D eigenvalue weighted by molar-refractivity contribution is 7.17. The third kappa shape index (κ3) is 3.40. The second kappa shape index (κ2) is 6.21. The third-order valence-corrected chi connectivity index (χ3v) is 4.31. The van der Waals surface area contributed by atoms with E-state index < -0.39 is 0 Å². The molecule has 0 aliphatic heterocycles. The molecule has 1 aromatic carbocycles. The summed E-state index contributed by atoms with van der Waals surface area (Å²) in [6.45, 7) is 3.95. The number of rotatable bonds is 4. The van der Waals surface area contributed by atoms with Crippen LogP contribution in [0.4, 0.5) is 16.6 Å². The highest BCUT2D eigenvalue weighted by Gasteiger charge is 2.13. The Balaban J connectivity index is 1.73. The lowest BCUT2D eigenvalue weighted by atomic mass is 10.1. The van der Waals surface area contributed by atoms with Crippen LogP contribution in [-0.4, -0.2) is 20.7 Å². The summed E-state index contributed by atoms with van der Waals surface area (Å²) in [5.41, 5.74) is 2.93. The standard InChI is InChI=1S/C16H17N5OS/c1-10-5-4-6-11(2)14(10)19-15(22)12-9-17-16(23-12)18-13-7-8-21(3)20-13/h4-9H,1-3H3,(H,19,22)(H,17,18,20). The van der Waals surface area contributed by atoms with Gasteiger partial charge in [0, 0.05) is 25.0 Å². The van der Waals surface area contributed by atoms with Crippen molar-refractivity contribution in [2.45, 2.75) is 13.8 Å². The molecule has 0 aliphatic rings. The van der Waals surface area contributed by atoms with Crippen LogP contribution in [0, 0.1) is 13.8 Å². The number of para-hydroxylation sites is 1. The number of anilines is 3. The number of nitrogens with zero attached hydrogens (tertiary/aromatic N) is 3. The van der Waals surface area contributed by atoms with Crippen molar-refractivity contribution in [2.24, 2.45) is 7.05 Å². The number of aromatic nitrogens is 3. The maximum absolute atomic E-state index is 12.4. The van der Waals surface area contributed by atoms with E-state index in [1.165, 1.54) is 11.3 Å². The average molecular weight is 327 g/mol. The minimum atomic E-state index is -0.158. The molecule has 0 aliphatic carbocycles. The molecule has 7 heteroatoms. The Labute approximate surface area is 138 Å². The summed E-state index contributed by atoms with van der Waals surface area (Å²) in [7, 11) is 1.84. The van der Waals surface area contributed by atoms with Gasteiger partial charge < -0.3 is 10.6 Å². The van der Waals surface area contributed by atoms with Gasteiger partial charge in [-0.25, -0.2) is 4.98 Å². The summed E-state index contributed by atoms with van der Waals surface area (Å²) < 4.78 is 1.70. The summed E-state index contributed by atoms with van der Waals surface area (Å²) in [6.07, 6.45) is 3.41. The molecule has 0 bridgehead atoms. The van der Waals surface area contributed by atoms with Gasteiger partial charge >= 0.3 is 0 Å². The largest absolute Gasteiger partial charge is 0.321 e. The summed E-state index contributed by atoms with van der Waals surface area (Å²) in [5.74, 6) is 0.539. The molecule has 23 heavy (non-hydrogen) atoms. The number of carbonyl (C=O) groups is 1. The molecular formula is C16H17N5OS. The average Bonchev–Trinajstić information content (AvgIpc) is 3.13. The summed E-state index contributed by atoms with van der Waals surface area (Å²) >= 11 is 1.29. The number of carbonyl (C=O) groups excluding carboxylic acids is 1. The van der Waals surface area contributed by atoms with Crippen LogP contribution in [0.5, 0.6) is 0 Å². The zero-order valence-electron chi connectivity index (χ0n) is 13.1. The Kier molecular flexibility index (Phi) is 4.12. The van der Waals surface area contributed by atoms with Crippen molar-refractivity contribution in [1.82, 2.24) is 14.8 Å². The molecular weight excluding hydrogens is 310 g/mol. The molecule has 0 saturated heterocycles. The zero-order chi connectivity index (χ0) is 16.4. The van der Waals surface area contributed by atoms with Crippen molar-refractivity contribution in [3.05, 3.63) is 52.7 Å². The quantitative estimate of drug-likeness (QED) is 0.769. The van der Waals surface area contributed by atoms with E-state index in [2.05, 4.69) is 20.7 Å². The molecule has 0 radical (unpaired) electrons. The van der Waals surface area contributed by atoms with E-state index in [1.54, 1.807) is 10.9 Å². The highest BCUT2D eigenvalue weighted by atomic mass is 32.1. The Morgan fingerprint density at radius 2 is 1.96 bits per heavy atom. The molecule has 0 spiro atoms. The fraction of sp³-hybridized carbons (Fsp3) is 0.188. The Morgan fingerprint density at radius 3 is 2.61 bits per heavy atom. The predicted molar refractivity (Wildman–Crippen MR) is 92.5 cm³/mol. The molecule has 1 amide bonds. The molecule has 2 N–H and O–H groups in total. The first-order chi connectivity index (χ1) is 11.0. The number of nitrogens with one attached hydrogen (secondary N) is 2. The predicted octanol–water partition coefficient (Wildman–Crippen LogP) is 3.49. The Hall–Kier alpha value is -2.67. The second-order valence-electron chi connectivity index (χ2n) is 5.25. The van der Waals surface area contributed by atoms with Crippen LogP contribution in [0.15, 0.2) is 36.7 Å². The van der Waals surface area contributed by atoms with Crippen molar-refractivity contribution in [3.63, 3.8) is 0 Å². The number of thiazole rings is 1. The molecule has 0 atom stereocenters. The molecule has 3 rings (SSSR count). The van der Waals surface area contributed by atoms with Gasteiger partial charge in [-0.05, 0) is 25.0 Å². The van der Waals surface area contributed by atoms with Crippen LogP contribution in [0.2, 0.25) is 0 Å². The lowest BCUT2D eigenvalue weighted by Gasteiger charge is -2.10. The minimum Gasteiger partial charge on any atom is -0.321 e. The van der Waals surface area contributed by atoms with Crippen LogP contribution in [0.3, 0.4) is 0 Å². The smallest absolute Gasteiger partial charge is 0.267 e. The van der Waals surface area contributed by atoms with Crippen LogP contribution in [0.1, 0.15) is 20.8 Å². The highest BCUT2D eigenvalue weighted by Crippen LogP contribution is 2.24. The molecule has 6 nitrogen and oxygen atoms in total. The summed E-state index contributed by atoms with van der Waals surface area (Å²) in [4.78, 5) is 17.2. The first kappa shape index (κ1) is 15.2. The zero-order valence-corrected chi connectivity index (χ0v) is 13.9. The van der Waals surface area contributed by atoms with Gasteiger partial charge in [0.25, 0.3) is 5.91 Å². The monoisotopic (exact) mass is 327 g/mol. The number of amides is 1. The molecule has 0 unspecified atom stereocenters. The Bertz CT molecular complexity index is 832. The van der Waals surface area contributed by atoms with Crippen LogP contribution < -0.4 is 10.6 Å². The topological polar surface area (TPSA) is 71.8 Å². The summed E-state index contributed by atoms with van der Waals surface area (Å²) in [5, 5.41) is 10.9. The van der Waals surface area contributed by atoms with Crippen molar-refractivity contribution in [3.8, 4) is 0 Å². The van der Waals surface area contributed by atoms with Gasteiger partial charge in [0.15, 0.2) is 10.9 Å². The van der Waals surface area contributed by atoms with E-state index in [0.29, 0.717) is 15.8 Å². The third-order valence-electron chi connectivity index (χ3n) is 3.40. The van der Waals surface area contributed by atoms with Crippen LogP contribution in [-0.2, 0) is 7.05 Å². The lowest BCUT2D eigenvalue weighted by molar-refractivity contribution is 0.103. The molecule has 0 saturated carbocycles. The number of aryl methyl sites for hydroxylation is 3. The van der Waals surface area contributed by atoms with Crippen molar-refractivity contribution in [1.29, 1.82) is 0 Å². The first-order valence-corrected chi connectivity index (χ1v) is 7.94. The van der Waals surface area contributed by atoms with Crippen LogP contribution >= 0.6 is 11.3 Å². The maximum atomic E-state index is 12.4. The van der Waals surface area contributed by atoms with E-state index in [9.17, 15) is 4.79 Å². The Morgan fingerprint density at radius 1 is 1.22 bits per heavy atom. The maximum Gasteiger partial charge on any atom is 0.267 e. The van der Waals surface area contributed by atoms with Crippen molar-refractivity contribution < 1.29 is 4.79 Å². The van der Waals surface area contributed by atoms with Crippen molar-refractivity contribution in [2.75, 3.05) is 10.6 Å². The first-order valence-electron chi connectivity index (χ1n) is 7.13. The van der Waals surface area contributed by atoms with E-state index in [4.69, 9.17) is 0 Å². The van der Waals surface area contributed by atoms with Gasteiger partial charge in [-0.3, -0.25) is 9.48 Å². The van der Waals surface area contributed by atoms with Gasteiger partial charge in [0.2, 0.25) is 0 Å². The lowest BCUT2D eigenvalue weighted by Crippen LogP contribution is -2.12. The van der Waals surface area contributed by atoms with E-state index in [-0.39, 0.29) is 5.91 Å². The van der Waals surface area contributed by atoms with E-state index in [0.717, 1.165) is 16.8 Å².